The predicted molar refractivity (Wildman–Crippen MR) is 222 cm³/mol. The van der Waals surface area contributed by atoms with Gasteiger partial charge in [0.25, 0.3) is 0 Å². The molecule has 8 atom stereocenters. The number of rotatable bonds is 19. The number of phenolic OH excluding ortho intramolecular Hbond substituents is 1. The lowest BCUT2D eigenvalue weighted by Crippen LogP contribution is -2.59. The lowest BCUT2D eigenvalue weighted by atomic mass is 9.89. The van der Waals surface area contributed by atoms with Crippen LogP contribution in [-0.4, -0.2) is 125 Å². The van der Waals surface area contributed by atoms with E-state index in [1.807, 2.05) is 71.5 Å². The average molecular weight is 776 g/mol. The number of amides is 4. The summed E-state index contributed by atoms with van der Waals surface area (Å²) in [5.74, 6) is -0.932. The maximum absolute atomic E-state index is 14.5. The molecule has 0 aliphatic carbocycles. The molecule has 0 bridgehead atoms. The lowest BCUT2D eigenvalue weighted by molar-refractivity contribution is -0.146. The number of hydrogen-bond donors (Lipinski definition) is 2. The Balaban J connectivity index is 2.42. The van der Waals surface area contributed by atoms with E-state index in [-0.39, 0.29) is 75.6 Å². The van der Waals surface area contributed by atoms with Crippen LogP contribution in [0.25, 0.3) is 0 Å². The number of nitrogens with zero attached hydrogens (tertiary/aromatic N) is 4. The van der Waals surface area contributed by atoms with E-state index in [1.54, 1.807) is 53.9 Å². The number of likely N-dealkylation sites (N-methyl/N-ethyl adjacent to an activating group) is 2. The van der Waals surface area contributed by atoms with Gasteiger partial charge in [-0.3, -0.25) is 24.1 Å². The van der Waals surface area contributed by atoms with Crippen LogP contribution in [-0.2, 0) is 23.9 Å². The Morgan fingerprint density at radius 2 is 1.63 bits per heavy atom. The summed E-state index contributed by atoms with van der Waals surface area (Å²) < 4.78 is 5.93. The molecule has 54 heavy (non-hydrogen) atoms. The van der Waals surface area contributed by atoms with Crippen molar-refractivity contribution in [3.63, 3.8) is 0 Å². The molecule has 0 saturated carbocycles. The van der Waals surface area contributed by atoms with Crippen molar-refractivity contribution in [2.45, 2.75) is 142 Å². The van der Waals surface area contributed by atoms with Crippen LogP contribution >= 0.6 is 11.8 Å². The van der Waals surface area contributed by atoms with Gasteiger partial charge in [-0.05, 0) is 63.7 Å². The van der Waals surface area contributed by atoms with Crippen LogP contribution in [0.15, 0.2) is 24.3 Å². The zero-order valence-electron chi connectivity index (χ0n) is 36.0. The number of likely N-dealkylation sites (tertiary alicyclic amines) is 1. The van der Waals surface area contributed by atoms with E-state index in [9.17, 15) is 24.3 Å². The summed E-state index contributed by atoms with van der Waals surface area (Å²) in [4.78, 5) is 63.7. The molecule has 8 unspecified atom stereocenters. The second kappa shape index (κ2) is 20.9. The van der Waals surface area contributed by atoms with Crippen LogP contribution in [0.5, 0.6) is 5.75 Å². The minimum absolute atomic E-state index is 0.000866. The smallest absolute Gasteiger partial charge is 0.245 e. The molecule has 1 fully saturated rings. The van der Waals surface area contributed by atoms with Crippen molar-refractivity contribution in [3.8, 4) is 5.75 Å². The second-order valence-corrected chi connectivity index (χ2v) is 19.1. The molecule has 0 radical (unpaired) electrons. The quantitative estimate of drug-likeness (QED) is 0.169. The third-order valence-electron chi connectivity index (χ3n) is 10.9. The summed E-state index contributed by atoms with van der Waals surface area (Å²) in [6.07, 6.45) is 1.85. The fourth-order valence-electron chi connectivity index (χ4n) is 8.00. The first-order valence-corrected chi connectivity index (χ1v) is 20.8. The minimum Gasteiger partial charge on any atom is -0.508 e. The SMILES string of the molecule is CCC(C)C(C(CC(=O)N1CCCC1C(SC(C)(C)C)C(C)C(=O)N(CC)c1cccc(O)c1)OC)N(C)C(=O)C(NC(=O)C(C(C)C)N(C)C)C(C)C. The molecule has 4 amide bonds. The third-order valence-corrected chi connectivity index (χ3v) is 12.6. The molecule has 12 heteroatoms. The molecule has 1 saturated heterocycles. The van der Waals surface area contributed by atoms with Crippen LogP contribution in [0.2, 0.25) is 0 Å². The van der Waals surface area contributed by atoms with Gasteiger partial charge in [-0.1, -0.05) is 81.7 Å². The summed E-state index contributed by atoms with van der Waals surface area (Å²) in [7, 11) is 7.09. The van der Waals surface area contributed by atoms with Crippen LogP contribution < -0.4 is 10.2 Å². The first-order chi connectivity index (χ1) is 25.1. The fourth-order valence-corrected chi connectivity index (χ4v) is 9.58. The molecule has 1 aliphatic rings. The Hall–Kier alpha value is -2.83. The number of anilines is 1. The number of aromatic hydroxyl groups is 1. The molecule has 0 aromatic heterocycles. The van der Waals surface area contributed by atoms with E-state index in [0.29, 0.717) is 18.8 Å². The Bertz CT molecular complexity index is 1370. The zero-order valence-corrected chi connectivity index (χ0v) is 36.8. The van der Waals surface area contributed by atoms with Gasteiger partial charge in [0.2, 0.25) is 23.6 Å². The maximum Gasteiger partial charge on any atom is 0.245 e. The minimum atomic E-state index is -0.747. The number of carbonyl (C=O) groups is 4. The normalized spacial score (nSPS) is 18.9. The van der Waals surface area contributed by atoms with Gasteiger partial charge in [0.15, 0.2) is 0 Å². The monoisotopic (exact) mass is 776 g/mol. The Labute approximate surface area is 331 Å². The highest BCUT2D eigenvalue weighted by Crippen LogP contribution is 2.40. The summed E-state index contributed by atoms with van der Waals surface area (Å²) in [6.45, 7) is 23.3. The van der Waals surface area contributed by atoms with Gasteiger partial charge in [0.1, 0.15) is 11.8 Å². The molecule has 1 aliphatic heterocycles. The van der Waals surface area contributed by atoms with Crippen molar-refractivity contribution < 1.29 is 29.0 Å². The standard InChI is InChI=1S/C42H73N5O6S/c1-16-28(7)37(45(14)41(52)35(26(3)4)43-39(50)36(27(5)6)44(12)13)33(53-15)25-34(49)47-23-19-22-32(47)38(54-42(9,10)11)29(8)40(51)46(17-2)30-20-18-21-31(48)24-30/h18,20-21,24,26-29,32-33,35-38,48H,16-17,19,22-23,25H2,1-15H3,(H,43,50). The highest BCUT2D eigenvalue weighted by atomic mass is 32.2. The number of carbonyl (C=O) groups excluding carboxylic acids is 4. The summed E-state index contributed by atoms with van der Waals surface area (Å²) in [5.41, 5.74) is 0.641. The molecule has 1 aromatic carbocycles. The molecule has 1 heterocycles. The van der Waals surface area contributed by atoms with Gasteiger partial charge in [-0.2, -0.15) is 0 Å². The van der Waals surface area contributed by atoms with E-state index in [4.69, 9.17) is 4.74 Å². The Morgan fingerprint density at radius 3 is 2.11 bits per heavy atom. The van der Waals surface area contributed by atoms with E-state index < -0.39 is 24.1 Å². The van der Waals surface area contributed by atoms with Gasteiger partial charge in [-0.15, -0.1) is 11.8 Å². The van der Waals surface area contributed by atoms with Crippen LogP contribution in [0.1, 0.15) is 102 Å². The number of nitrogens with one attached hydrogen (secondary N) is 1. The van der Waals surface area contributed by atoms with Crippen molar-refractivity contribution in [2.24, 2.45) is 23.7 Å². The number of benzene rings is 1. The van der Waals surface area contributed by atoms with Crippen LogP contribution in [0.3, 0.4) is 0 Å². The van der Waals surface area contributed by atoms with Crippen molar-refractivity contribution in [1.82, 2.24) is 20.0 Å². The molecule has 1 aromatic rings. The van der Waals surface area contributed by atoms with E-state index >= 15 is 0 Å². The first-order valence-electron chi connectivity index (χ1n) is 19.9. The number of phenols is 1. The number of ether oxygens (including phenoxy) is 1. The number of methoxy groups -OCH3 is 1. The van der Waals surface area contributed by atoms with Crippen LogP contribution in [0.4, 0.5) is 5.69 Å². The lowest BCUT2D eigenvalue weighted by Gasteiger charge is -2.42. The summed E-state index contributed by atoms with van der Waals surface area (Å²) >= 11 is 1.73. The van der Waals surface area contributed by atoms with Crippen molar-refractivity contribution in [3.05, 3.63) is 24.3 Å². The predicted octanol–water partition coefficient (Wildman–Crippen LogP) is 6.28. The molecule has 2 rings (SSSR count). The topological polar surface area (TPSA) is 123 Å². The molecule has 2 N–H and O–H groups in total. The van der Waals surface area contributed by atoms with E-state index in [1.165, 1.54) is 0 Å². The van der Waals surface area contributed by atoms with Gasteiger partial charge in [0.05, 0.1) is 24.6 Å². The second-order valence-electron chi connectivity index (χ2n) is 17.1. The van der Waals surface area contributed by atoms with Crippen molar-refractivity contribution in [2.75, 3.05) is 46.2 Å². The highest BCUT2D eigenvalue weighted by Gasteiger charge is 2.44. The highest BCUT2D eigenvalue weighted by molar-refractivity contribution is 8.01. The summed E-state index contributed by atoms with van der Waals surface area (Å²) in [6, 6.07) is 5.03. The zero-order chi connectivity index (χ0) is 41.2. The Kier molecular flexibility index (Phi) is 18.3. The van der Waals surface area contributed by atoms with Gasteiger partial charge in [0, 0.05) is 61.0 Å². The number of thioether (sulfide) groups is 1. The number of hydrogen-bond acceptors (Lipinski definition) is 8. The first kappa shape index (κ1) is 47.3. The van der Waals surface area contributed by atoms with Crippen molar-refractivity contribution >= 4 is 41.1 Å². The molecular formula is C42H73N5O6S. The van der Waals surface area contributed by atoms with Crippen LogP contribution in [0, 0.1) is 23.7 Å². The van der Waals surface area contributed by atoms with Crippen molar-refractivity contribution in [1.29, 1.82) is 0 Å². The molecule has 0 spiro atoms. The van der Waals surface area contributed by atoms with E-state index in [0.717, 1.165) is 19.3 Å². The largest absolute Gasteiger partial charge is 0.508 e. The molecule has 11 nitrogen and oxygen atoms in total. The van der Waals surface area contributed by atoms with Gasteiger partial charge >= 0.3 is 0 Å². The van der Waals surface area contributed by atoms with Gasteiger partial charge < -0.3 is 29.9 Å². The summed E-state index contributed by atoms with van der Waals surface area (Å²) in [5, 5.41) is 13.0. The molecular weight excluding hydrogens is 703 g/mol. The molecule has 308 valence electrons. The van der Waals surface area contributed by atoms with Gasteiger partial charge in [-0.25, -0.2) is 0 Å². The third kappa shape index (κ3) is 12.3. The fraction of sp³-hybridized carbons (Fsp3) is 0.762. The average Bonchev–Trinajstić information content (AvgIpc) is 3.58. The Morgan fingerprint density at radius 1 is 1.00 bits per heavy atom. The van der Waals surface area contributed by atoms with E-state index in [2.05, 4.69) is 39.9 Å². The maximum atomic E-state index is 14.5.